The van der Waals surface area contributed by atoms with Crippen molar-refractivity contribution in [2.75, 3.05) is 6.54 Å². The average Bonchev–Trinajstić information content (AvgIpc) is 3.00. The summed E-state index contributed by atoms with van der Waals surface area (Å²) in [6, 6.07) is 0.398. The van der Waals surface area contributed by atoms with Gasteiger partial charge < -0.3 is 10.1 Å². The lowest BCUT2D eigenvalue weighted by molar-refractivity contribution is 0.0474. The van der Waals surface area contributed by atoms with Crippen LogP contribution in [0, 0.1) is 11.8 Å². The van der Waals surface area contributed by atoms with E-state index in [9.17, 15) is 0 Å². The van der Waals surface area contributed by atoms with Crippen LogP contribution >= 0.6 is 0 Å². The summed E-state index contributed by atoms with van der Waals surface area (Å²) in [6.07, 6.45) is 4.35. The molecule has 21 heavy (non-hydrogen) atoms. The van der Waals surface area contributed by atoms with Crippen molar-refractivity contribution in [3.63, 3.8) is 0 Å². The molecular formula is C16H30N4O. The number of ether oxygens (including phenoxy) is 1. The molecule has 5 heteroatoms. The van der Waals surface area contributed by atoms with Crippen molar-refractivity contribution < 1.29 is 4.74 Å². The number of hydrogen-bond donors (Lipinski definition) is 1. The zero-order valence-corrected chi connectivity index (χ0v) is 14.0. The van der Waals surface area contributed by atoms with Crippen LogP contribution in [0.3, 0.4) is 0 Å². The van der Waals surface area contributed by atoms with E-state index >= 15 is 0 Å². The molecule has 120 valence electrons. The minimum absolute atomic E-state index is 0.294. The van der Waals surface area contributed by atoms with Crippen LogP contribution in [-0.4, -0.2) is 39.6 Å². The predicted octanol–water partition coefficient (Wildman–Crippen LogP) is 2.27. The lowest BCUT2D eigenvalue weighted by atomic mass is 9.82. The van der Waals surface area contributed by atoms with Crippen molar-refractivity contribution >= 4 is 0 Å². The smallest absolute Gasteiger partial charge is 0.138 e. The Kier molecular flexibility index (Phi) is 5.76. The lowest BCUT2D eigenvalue weighted by Crippen LogP contribution is -2.44. The summed E-state index contributed by atoms with van der Waals surface area (Å²) in [6.45, 7) is 12.9. The fraction of sp³-hybridized carbons (Fsp3) is 0.875. The summed E-state index contributed by atoms with van der Waals surface area (Å²) in [5, 5.41) is 8.02. The van der Waals surface area contributed by atoms with E-state index < -0.39 is 0 Å². The van der Waals surface area contributed by atoms with Gasteiger partial charge >= 0.3 is 0 Å². The maximum Gasteiger partial charge on any atom is 0.138 e. The minimum Gasteiger partial charge on any atom is -0.375 e. The number of hydrogen-bond acceptors (Lipinski definition) is 4. The molecule has 1 aromatic rings. The van der Waals surface area contributed by atoms with Crippen LogP contribution < -0.4 is 5.32 Å². The fourth-order valence-electron chi connectivity index (χ4n) is 3.57. The second kappa shape index (κ2) is 7.36. The second-order valence-electron chi connectivity index (χ2n) is 6.24. The van der Waals surface area contributed by atoms with Crippen LogP contribution in [-0.2, 0) is 17.7 Å². The van der Waals surface area contributed by atoms with E-state index in [-0.39, 0.29) is 0 Å². The van der Waals surface area contributed by atoms with E-state index in [0.717, 1.165) is 31.8 Å². The van der Waals surface area contributed by atoms with Crippen molar-refractivity contribution in [3.8, 4) is 0 Å². The maximum atomic E-state index is 6.04. The highest BCUT2D eigenvalue weighted by molar-refractivity contribution is 4.98. The molecule has 2 rings (SSSR count). The first-order valence-corrected chi connectivity index (χ1v) is 8.33. The van der Waals surface area contributed by atoms with Crippen molar-refractivity contribution in [1.82, 2.24) is 20.1 Å². The second-order valence-corrected chi connectivity index (χ2v) is 6.24. The van der Waals surface area contributed by atoms with Gasteiger partial charge in [-0.1, -0.05) is 13.8 Å². The molecule has 1 aliphatic rings. The molecule has 5 nitrogen and oxygen atoms in total. The third-order valence-electron chi connectivity index (χ3n) is 4.84. The Morgan fingerprint density at radius 3 is 2.62 bits per heavy atom. The molecule has 1 fully saturated rings. The first-order chi connectivity index (χ1) is 10.1. The highest BCUT2D eigenvalue weighted by Gasteiger charge is 2.41. The first kappa shape index (κ1) is 16.4. The fourth-order valence-corrected chi connectivity index (χ4v) is 3.57. The molecule has 5 unspecified atom stereocenters. The molecule has 0 aliphatic carbocycles. The Bertz CT molecular complexity index is 434. The molecule has 0 saturated carbocycles. The third-order valence-corrected chi connectivity index (χ3v) is 4.84. The van der Waals surface area contributed by atoms with Crippen molar-refractivity contribution in [1.29, 1.82) is 0 Å². The van der Waals surface area contributed by atoms with Gasteiger partial charge in [-0.2, -0.15) is 5.10 Å². The molecule has 0 radical (unpaired) electrons. The highest BCUT2D eigenvalue weighted by atomic mass is 16.5. The van der Waals surface area contributed by atoms with Crippen LogP contribution in [0.25, 0.3) is 0 Å². The van der Waals surface area contributed by atoms with Gasteiger partial charge in [0.15, 0.2) is 0 Å². The van der Waals surface area contributed by atoms with Gasteiger partial charge in [-0.3, -0.25) is 4.68 Å². The van der Waals surface area contributed by atoms with E-state index in [1.54, 1.807) is 6.33 Å². The molecule has 0 aromatic carbocycles. The topological polar surface area (TPSA) is 52.0 Å². The summed E-state index contributed by atoms with van der Waals surface area (Å²) in [4.78, 5) is 4.45. The Morgan fingerprint density at radius 1 is 1.29 bits per heavy atom. The van der Waals surface area contributed by atoms with Gasteiger partial charge in [0.25, 0.3) is 0 Å². The molecule has 2 heterocycles. The highest BCUT2D eigenvalue weighted by Crippen LogP contribution is 2.35. The zero-order chi connectivity index (χ0) is 15.4. The van der Waals surface area contributed by atoms with E-state index in [2.05, 4.69) is 50.0 Å². The van der Waals surface area contributed by atoms with Gasteiger partial charge in [-0.25, -0.2) is 4.98 Å². The van der Waals surface area contributed by atoms with Gasteiger partial charge in [0, 0.05) is 24.9 Å². The normalized spacial score (nSPS) is 30.7. The summed E-state index contributed by atoms with van der Waals surface area (Å²) >= 11 is 0. The third kappa shape index (κ3) is 3.64. The summed E-state index contributed by atoms with van der Waals surface area (Å²) in [5.41, 5.74) is 0. The molecule has 0 amide bonds. The van der Waals surface area contributed by atoms with Gasteiger partial charge in [0.2, 0.25) is 0 Å². The Labute approximate surface area is 128 Å². The van der Waals surface area contributed by atoms with E-state index in [1.807, 2.05) is 4.68 Å². The van der Waals surface area contributed by atoms with Crippen molar-refractivity contribution in [3.05, 3.63) is 12.2 Å². The molecule has 0 spiro atoms. The van der Waals surface area contributed by atoms with E-state index in [4.69, 9.17) is 4.74 Å². The predicted molar refractivity (Wildman–Crippen MR) is 84.1 cm³/mol. The van der Waals surface area contributed by atoms with Crippen LogP contribution in [0.2, 0.25) is 0 Å². The van der Waals surface area contributed by atoms with E-state index in [0.29, 0.717) is 30.1 Å². The molecule has 1 N–H and O–H groups in total. The molecular weight excluding hydrogens is 264 g/mol. The minimum atomic E-state index is 0.294. The van der Waals surface area contributed by atoms with Crippen LogP contribution in [0.4, 0.5) is 0 Å². The van der Waals surface area contributed by atoms with Crippen molar-refractivity contribution in [2.24, 2.45) is 11.8 Å². The average molecular weight is 294 g/mol. The Balaban J connectivity index is 2.14. The molecule has 0 bridgehead atoms. The number of nitrogens with zero attached hydrogens (tertiary/aromatic N) is 3. The zero-order valence-electron chi connectivity index (χ0n) is 14.0. The van der Waals surface area contributed by atoms with Gasteiger partial charge in [-0.05, 0) is 39.7 Å². The monoisotopic (exact) mass is 294 g/mol. The number of aryl methyl sites for hydroxylation is 1. The summed E-state index contributed by atoms with van der Waals surface area (Å²) < 4.78 is 8.04. The van der Waals surface area contributed by atoms with Crippen LogP contribution in [0.5, 0.6) is 0 Å². The van der Waals surface area contributed by atoms with Crippen LogP contribution in [0.15, 0.2) is 6.33 Å². The van der Waals surface area contributed by atoms with E-state index in [1.165, 1.54) is 0 Å². The standard InChI is InChI=1S/C16H30N4O/c1-6-8-17-14(9-15-18-10-19-20(15)7-2)16-11(3)12(4)21-13(16)5/h10-14,16-17H,6-9H2,1-5H3. The SMILES string of the molecule is CCCNC(Cc1ncnn1CC)C1C(C)OC(C)C1C. The van der Waals surface area contributed by atoms with Gasteiger partial charge in [-0.15, -0.1) is 0 Å². The molecule has 1 aromatic heterocycles. The molecule has 1 saturated heterocycles. The number of nitrogens with one attached hydrogen (secondary N) is 1. The maximum absolute atomic E-state index is 6.04. The Morgan fingerprint density at radius 2 is 2.05 bits per heavy atom. The lowest BCUT2D eigenvalue weighted by Gasteiger charge is -2.29. The first-order valence-electron chi connectivity index (χ1n) is 8.33. The Hall–Kier alpha value is -0.940. The van der Waals surface area contributed by atoms with Crippen LogP contribution in [0.1, 0.15) is 46.9 Å². The van der Waals surface area contributed by atoms with Crippen molar-refractivity contribution in [2.45, 2.75) is 72.3 Å². The summed E-state index contributed by atoms with van der Waals surface area (Å²) in [7, 11) is 0. The number of aromatic nitrogens is 3. The molecule has 5 atom stereocenters. The quantitative estimate of drug-likeness (QED) is 0.838. The summed E-state index contributed by atoms with van der Waals surface area (Å²) in [5.74, 6) is 2.16. The van der Waals surface area contributed by atoms with Gasteiger partial charge in [0.1, 0.15) is 12.2 Å². The molecule has 1 aliphatic heterocycles. The largest absolute Gasteiger partial charge is 0.375 e. The van der Waals surface area contributed by atoms with Gasteiger partial charge in [0.05, 0.1) is 12.2 Å². The number of rotatable bonds is 7.